The van der Waals surface area contributed by atoms with Crippen LogP contribution in [0, 0.1) is 0 Å². The van der Waals surface area contributed by atoms with Gasteiger partial charge in [-0.15, -0.1) is 0 Å². The molecule has 0 atom stereocenters. The lowest BCUT2D eigenvalue weighted by molar-refractivity contribution is 0.990. The number of anilines is 2. The van der Waals surface area contributed by atoms with Crippen molar-refractivity contribution in [2.75, 3.05) is 17.2 Å². The molecule has 2 heterocycles. The van der Waals surface area contributed by atoms with Crippen molar-refractivity contribution in [2.24, 2.45) is 0 Å². The lowest BCUT2D eigenvalue weighted by Gasteiger charge is -2.08. The van der Waals surface area contributed by atoms with Crippen LogP contribution in [0.3, 0.4) is 0 Å². The molecule has 0 aliphatic carbocycles. The van der Waals surface area contributed by atoms with Crippen molar-refractivity contribution < 1.29 is 0 Å². The number of halogens is 1. The first-order valence-electron chi connectivity index (χ1n) is 7.74. The van der Waals surface area contributed by atoms with Gasteiger partial charge in [0, 0.05) is 23.8 Å². The molecule has 0 spiro atoms. The van der Waals surface area contributed by atoms with E-state index in [1.807, 2.05) is 42.5 Å². The summed E-state index contributed by atoms with van der Waals surface area (Å²) in [5, 5.41) is 7.31. The molecule has 0 saturated carbocycles. The molecule has 24 heavy (non-hydrogen) atoms. The Kier molecular flexibility index (Phi) is 5.58. The topological polar surface area (TPSA) is 62.7 Å². The standard InChI is InChI=1S/C18H18ClN5/c19-15-5-3-4-14(10-15)7-9-21-17-11-18(24-13-23-17)22-12-16-6-1-2-8-20-16/h1-6,8,10-11,13H,7,9,12H2,(H2,21,22,23,24). The third kappa shape index (κ3) is 4.93. The zero-order valence-corrected chi connectivity index (χ0v) is 13.9. The molecule has 0 aliphatic heterocycles. The minimum absolute atomic E-state index is 0.625. The summed E-state index contributed by atoms with van der Waals surface area (Å²) in [4.78, 5) is 12.7. The number of nitrogens with one attached hydrogen (secondary N) is 2. The molecule has 1 aromatic carbocycles. The molecular weight excluding hydrogens is 322 g/mol. The number of pyridine rings is 1. The van der Waals surface area contributed by atoms with E-state index in [0.29, 0.717) is 6.54 Å². The van der Waals surface area contributed by atoms with E-state index in [2.05, 4.69) is 31.7 Å². The third-order valence-electron chi connectivity index (χ3n) is 3.45. The predicted molar refractivity (Wildman–Crippen MR) is 97.2 cm³/mol. The fraction of sp³-hybridized carbons (Fsp3) is 0.167. The van der Waals surface area contributed by atoms with Gasteiger partial charge in [-0.05, 0) is 36.2 Å². The van der Waals surface area contributed by atoms with Crippen LogP contribution < -0.4 is 10.6 Å². The maximum Gasteiger partial charge on any atom is 0.131 e. The van der Waals surface area contributed by atoms with E-state index in [1.165, 1.54) is 5.56 Å². The monoisotopic (exact) mass is 339 g/mol. The van der Waals surface area contributed by atoms with E-state index in [0.717, 1.165) is 35.3 Å². The highest BCUT2D eigenvalue weighted by molar-refractivity contribution is 6.30. The van der Waals surface area contributed by atoms with Crippen molar-refractivity contribution >= 4 is 23.2 Å². The van der Waals surface area contributed by atoms with E-state index in [1.54, 1.807) is 12.5 Å². The van der Waals surface area contributed by atoms with Crippen LogP contribution in [0.15, 0.2) is 61.1 Å². The molecule has 0 amide bonds. The van der Waals surface area contributed by atoms with Crippen molar-refractivity contribution in [3.05, 3.63) is 77.3 Å². The molecular formula is C18H18ClN5. The Morgan fingerprint density at radius 1 is 0.875 bits per heavy atom. The summed E-state index contributed by atoms with van der Waals surface area (Å²) < 4.78 is 0. The second kappa shape index (κ2) is 8.26. The van der Waals surface area contributed by atoms with Crippen LogP contribution >= 0.6 is 11.6 Å². The molecule has 2 N–H and O–H groups in total. The normalized spacial score (nSPS) is 10.4. The average Bonchev–Trinajstić information content (AvgIpc) is 2.61. The van der Waals surface area contributed by atoms with Crippen LogP contribution in [0.25, 0.3) is 0 Å². The molecule has 6 heteroatoms. The smallest absolute Gasteiger partial charge is 0.131 e. The first kappa shape index (κ1) is 16.2. The van der Waals surface area contributed by atoms with Gasteiger partial charge in [-0.25, -0.2) is 9.97 Å². The predicted octanol–water partition coefficient (Wildman–Crippen LogP) is 3.79. The summed E-state index contributed by atoms with van der Waals surface area (Å²) in [7, 11) is 0. The van der Waals surface area contributed by atoms with Crippen LogP contribution in [0.4, 0.5) is 11.6 Å². The van der Waals surface area contributed by atoms with Crippen molar-refractivity contribution in [3.8, 4) is 0 Å². The van der Waals surface area contributed by atoms with Gasteiger partial charge in [0.05, 0.1) is 12.2 Å². The van der Waals surface area contributed by atoms with Gasteiger partial charge in [0.1, 0.15) is 18.0 Å². The van der Waals surface area contributed by atoms with Crippen LogP contribution in [0.1, 0.15) is 11.3 Å². The van der Waals surface area contributed by atoms with Crippen molar-refractivity contribution in [1.29, 1.82) is 0 Å². The summed E-state index contributed by atoms with van der Waals surface area (Å²) in [6.07, 6.45) is 4.20. The highest BCUT2D eigenvalue weighted by Crippen LogP contribution is 2.12. The van der Waals surface area contributed by atoms with Gasteiger partial charge < -0.3 is 10.6 Å². The molecule has 0 saturated heterocycles. The van der Waals surface area contributed by atoms with Gasteiger partial charge in [-0.3, -0.25) is 4.98 Å². The van der Waals surface area contributed by atoms with E-state index in [4.69, 9.17) is 11.6 Å². The van der Waals surface area contributed by atoms with E-state index in [9.17, 15) is 0 Å². The van der Waals surface area contributed by atoms with Gasteiger partial charge in [-0.1, -0.05) is 29.8 Å². The Hall–Kier alpha value is -2.66. The van der Waals surface area contributed by atoms with Gasteiger partial charge in [-0.2, -0.15) is 0 Å². The van der Waals surface area contributed by atoms with E-state index in [-0.39, 0.29) is 0 Å². The minimum Gasteiger partial charge on any atom is -0.370 e. The Labute approximate surface area is 146 Å². The summed E-state index contributed by atoms with van der Waals surface area (Å²) >= 11 is 5.99. The molecule has 0 bridgehead atoms. The minimum atomic E-state index is 0.625. The Morgan fingerprint density at radius 2 is 1.75 bits per heavy atom. The molecule has 0 fully saturated rings. The van der Waals surface area contributed by atoms with Gasteiger partial charge in [0.25, 0.3) is 0 Å². The molecule has 2 aromatic heterocycles. The molecule has 3 rings (SSSR count). The van der Waals surface area contributed by atoms with Crippen molar-refractivity contribution in [3.63, 3.8) is 0 Å². The summed E-state index contributed by atoms with van der Waals surface area (Å²) in [5.74, 6) is 1.55. The first-order chi connectivity index (χ1) is 11.8. The molecule has 122 valence electrons. The van der Waals surface area contributed by atoms with Crippen LogP contribution in [-0.2, 0) is 13.0 Å². The molecule has 0 unspecified atom stereocenters. The number of aromatic nitrogens is 3. The number of nitrogens with zero attached hydrogens (tertiary/aromatic N) is 3. The second-order valence-corrected chi connectivity index (χ2v) is 5.71. The summed E-state index contributed by atoms with van der Waals surface area (Å²) in [6, 6.07) is 15.6. The number of hydrogen-bond donors (Lipinski definition) is 2. The number of benzene rings is 1. The van der Waals surface area contributed by atoms with E-state index >= 15 is 0 Å². The number of hydrogen-bond acceptors (Lipinski definition) is 5. The molecule has 5 nitrogen and oxygen atoms in total. The van der Waals surface area contributed by atoms with Crippen LogP contribution in [0.2, 0.25) is 5.02 Å². The van der Waals surface area contributed by atoms with Gasteiger partial charge in [0.2, 0.25) is 0 Å². The Balaban J connectivity index is 1.51. The van der Waals surface area contributed by atoms with Crippen molar-refractivity contribution in [1.82, 2.24) is 15.0 Å². The largest absolute Gasteiger partial charge is 0.370 e. The fourth-order valence-electron chi connectivity index (χ4n) is 2.26. The SMILES string of the molecule is Clc1cccc(CCNc2cc(NCc3ccccn3)ncn2)c1. The Bertz CT molecular complexity index is 779. The zero-order valence-electron chi connectivity index (χ0n) is 13.1. The highest BCUT2D eigenvalue weighted by atomic mass is 35.5. The van der Waals surface area contributed by atoms with E-state index < -0.39 is 0 Å². The fourth-order valence-corrected chi connectivity index (χ4v) is 2.47. The lowest BCUT2D eigenvalue weighted by Crippen LogP contribution is -2.08. The summed E-state index contributed by atoms with van der Waals surface area (Å²) in [5.41, 5.74) is 2.16. The molecule has 0 radical (unpaired) electrons. The molecule has 0 aliphatic rings. The zero-order chi connectivity index (χ0) is 16.6. The van der Waals surface area contributed by atoms with Crippen molar-refractivity contribution in [2.45, 2.75) is 13.0 Å². The van der Waals surface area contributed by atoms with Gasteiger partial charge >= 0.3 is 0 Å². The quantitative estimate of drug-likeness (QED) is 0.685. The second-order valence-electron chi connectivity index (χ2n) is 5.27. The molecule has 3 aromatic rings. The Morgan fingerprint density at radius 3 is 2.54 bits per heavy atom. The van der Waals surface area contributed by atoms with Crippen LogP contribution in [-0.4, -0.2) is 21.5 Å². The maximum atomic E-state index is 5.99. The van der Waals surface area contributed by atoms with Gasteiger partial charge in [0.15, 0.2) is 0 Å². The maximum absolute atomic E-state index is 5.99. The summed E-state index contributed by atoms with van der Waals surface area (Å²) in [6.45, 7) is 1.40. The third-order valence-corrected chi connectivity index (χ3v) is 3.69. The lowest BCUT2D eigenvalue weighted by atomic mass is 10.1. The first-order valence-corrected chi connectivity index (χ1v) is 8.11. The average molecular weight is 340 g/mol. The highest BCUT2D eigenvalue weighted by Gasteiger charge is 2.00. The van der Waals surface area contributed by atoms with Crippen LogP contribution in [0.5, 0.6) is 0 Å². The number of rotatable bonds is 7.